The number of hydrogen-bond donors (Lipinski definition) is 0. The maximum absolute atomic E-state index is 2.59. The van der Waals surface area contributed by atoms with Crippen molar-refractivity contribution >= 4 is 0 Å². The van der Waals surface area contributed by atoms with E-state index in [0.717, 1.165) is 71.0 Å². The third-order valence-electron chi connectivity index (χ3n) is 25.2. The highest BCUT2D eigenvalue weighted by Gasteiger charge is 2.47. The predicted molar refractivity (Wildman–Crippen MR) is 380 cm³/mol. The summed E-state index contributed by atoms with van der Waals surface area (Å²) in [5.74, 6) is 6.61. The molecule has 5 aliphatic heterocycles. The van der Waals surface area contributed by atoms with Gasteiger partial charge >= 0.3 is 0 Å². The fourth-order valence-electron chi connectivity index (χ4n) is 16.5. The van der Waals surface area contributed by atoms with Crippen molar-refractivity contribution in [1.29, 1.82) is 0 Å². The van der Waals surface area contributed by atoms with Gasteiger partial charge in [0.2, 0.25) is 0 Å². The van der Waals surface area contributed by atoms with E-state index in [1.54, 1.807) is 0 Å². The van der Waals surface area contributed by atoms with Crippen molar-refractivity contribution in [2.75, 3.05) is 109 Å². The first-order valence-corrected chi connectivity index (χ1v) is 36.3. The van der Waals surface area contributed by atoms with E-state index in [9.17, 15) is 0 Å². The molecular weight excluding hydrogens is 1030 g/mol. The molecule has 2 unspecified atom stereocenters. The van der Waals surface area contributed by atoms with Gasteiger partial charge in [-0.05, 0) is 297 Å². The average molecular weight is 1200 g/mol. The predicted octanol–water partition coefficient (Wildman–Crippen LogP) is 19.1. The van der Waals surface area contributed by atoms with Crippen LogP contribution in [0.15, 0.2) is 0 Å². The zero-order valence-corrected chi connectivity index (χ0v) is 64.4. The van der Waals surface area contributed by atoms with Crippen LogP contribution in [-0.4, -0.2) is 173 Å². The van der Waals surface area contributed by atoms with Crippen LogP contribution in [0.1, 0.15) is 281 Å². The number of hydrogen-bond acceptors (Lipinski definition) is 7. The Labute approximate surface area is 536 Å². The Morgan fingerprint density at radius 2 is 0.647 bits per heavy atom. The van der Waals surface area contributed by atoms with Gasteiger partial charge in [-0.15, -0.1) is 0 Å². The van der Waals surface area contributed by atoms with Crippen molar-refractivity contribution in [3.8, 4) is 0 Å². The van der Waals surface area contributed by atoms with Gasteiger partial charge in [0, 0.05) is 62.4 Å². The van der Waals surface area contributed by atoms with E-state index in [1.807, 2.05) is 0 Å². The topological polar surface area (TPSA) is 22.7 Å². The molecule has 4 aliphatic carbocycles. The molecule has 85 heavy (non-hydrogen) atoms. The molecule has 9 aliphatic rings. The van der Waals surface area contributed by atoms with Gasteiger partial charge in [0.25, 0.3) is 0 Å². The second-order valence-corrected chi connectivity index (χ2v) is 39.5. The fraction of sp³-hybridized carbons (Fsp3) is 1.00. The summed E-state index contributed by atoms with van der Waals surface area (Å²) in [6, 6.07) is 3.22. The molecule has 0 aromatic heterocycles. The molecule has 7 nitrogen and oxygen atoms in total. The fourth-order valence-corrected chi connectivity index (χ4v) is 16.5. The van der Waals surface area contributed by atoms with Crippen LogP contribution in [0.3, 0.4) is 0 Å². The van der Waals surface area contributed by atoms with E-state index < -0.39 is 0 Å². The first-order chi connectivity index (χ1) is 38.5. The van der Waals surface area contributed by atoms with Crippen molar-refractivity contribution in [1.82, 2.24) is 34.3 Å². The second-order valence-electron chi connectivity index (χ2n) is 39.5. The molecule has 0 aromatic carbocycles. The molecule has 0 bridgehead atoms. The van der Waals surface area contributed by atoms with Crippen molar-refractivity contribution in [3.63, 3.8) is 0 Å². The van der Waals surface area contributed by atoms with Crippen LogP contribution in [-0.2, 0) is 0 Å². The monoisotopic (exact) mass is 1190 g/mol. The van der Waals surface area contributed by atoms with E-state index >= 15 is 0 Å². The van der Waals surface area contributed by atoms with Gasteiger partial charge < -0.3 is 34.3 Å². The number of piperidine rings is 2. The Morgan fingerprint density at radius 3 is 0.929 bits per heavy atom. The lowest BCUT2D eigenvalue weighted by Crippen LogP contribution is -2.59. The van der Waals surface area contributed by atoms with Gasteiger partial charge in [0.15, 0.2) is 0 Å². The van der Waals surface area contributed by atoms with Gasteiger partial charge in [-0.2, -0.15) is 0 Å². The lowest BCUT2D eigenvalue weighted by Gasteiger charge is -2.56. The lowest BCUT2D eigenvalue weighted by atomic mass is 9.61. The Balaban J connectivity index is 0.000000261. The summed E-state index contributed by atoms with van der Waals surface area (Å²) in [5.41, 5.74) is 5.07. The molecule has 0 N–H and O–H groups in total. The first kappa shape index (κ1) is 79.0. The quantitative estimate of drug-likeness (QED) is 0.271. The van der Waals surface area contributed by atoms with Gasteiger partial charge in [-0.3, -0.25) is 0 Å². The Hall–Kier alpha value is -0.280. The zero-order chi connectivity index (χ0) is 65.3. The van der Waals surface area contributed by atoms with Crippen molar-refractivity contribution in [2.24, 2.45) is 84.7 Å². The SMILES string of the molecule is CC1CC(C(C)(C)C)CC(C)N1C.CN(C)C1CC(C(C)(C)C)C1.CN(C)C1CCC(C(C)(C)C)CC1.CN1CC(C(C)(C)C)C1.CN1CC2(CCC(C(C)(C)C)CC2)C1.CN1CCC(C(C)(C)C)CC1.CN1CCC12CCC(C(C)(C)C)CC2. The van der Waals surface area contributed by atoms with Crippen LogP contribution >= 0.6 is 0 Å². The summed E-state index contributed by atoms with van der Waals surface area (Å²) in [6.07, 6.45) is 27.1. The zero-order valence-electron chi connectivity index (χ0n) is 64.4. The van der Waals surface area contributed by atoms with Gasteiger partial charge in [0.05, 0.1) is 0 Å². The normalized spacial score (nSPS) is 29.9. The highest BCUT2D eigenvalue weighted by atomic mass is 15.2. The maximum atomic E-state index is 2.59. The molecule has 5 heterocycles. The van der Waals surface area contributed by atoms with E-state index in [-0.39, 0.29) is 0 Å². The molecule has 4 saturated carbocycles. The minimum absolute atomic E-state index is 0.490. The summed E-state index contributed by atoms with van der Waals surface area (Å²) in [6.45, 7) is 63.8. The number of likely N-dealkylation sites (tertiary alicyclic amines) is 5. The van der Waals surface area contributed by atoms with E-state index in [1.165, 1.54) is 168 Å². The van der Waals surface area contributed by atoms with Gasteiger partial charge in [-0.25, -0.2) is 0 Å². The minimum atomic E-state index is 0.490. The highest BCUT2D eigenvalue weighted by Crippen LogP contribution is 2.51. The van der Waals surface area contributed by atoms with Gasteiger partial charge in [-0.1, -0.05) is 145 Å². The average Bonchev–Trinajstić information content (AvgIpc) is 2.67. The smallest absolute Gasteiger partial charge is 0.0218 e. The Kier molecular flexibility index (Phi) is 29.8. The van der Waals surface area contributed by atoms with Crippen molar-refractivity contribution < 1.29 is 0 Å². The largest absolute Gasteiger partial charge is 0.306 e. The highest BCUT2D eigenvalue weighted by molar-refractivity contribution is 5.02. The molecule has 2 atom stereocenters. The molecule has 0 radical (unpaired) electrons. The first-order valence-electron chi connectivity index (χ1n) is 36.3. The van der Waals surface area contributed by atoms with Gasteiger partial charge in [0.1, 0.15) is 0 Å². The van der Waals surface area contributed by atoms with Crippen LogP contribution in [0, 0.1) is 84.7 Å². The third-order valence-corrected chi connectivity index (χ3v) is 25.2. The van der Waals surface area contributed by atoms with E-state index in [2.05, 4.69) is 257 Å². The molecule has 2 spiro atoms. The molecular formula is C78H159N7. The van der Waals surface area contributed by atoms with Crippen molar-refractivity contribution in [2.45, 2.75) is 311 Å². The molecule has 9 rings (SSSR count). The molecule has 9 fully saturated rings. The second kappa shape index (κ2) is 32.0. The Bertz CT molecular complexity index is 1790. The van der Waals surface area contributed by atoms with Crippen LogP contribution < -0.4 is 0 Å². The van der Waals surface area contributed by atoms with Crippen LogP contribution in [0.2, 0.25) is 0 Å². The van der Waals surface area contributed by atoms with Crippen LogP contribution in [0.25, 0.3) is 0 Å². The number of rotatable bonds is 2. The van der Waals surface area contributed by atoms with E-state index in [4.69, 9.17) is 0 Å². The van der Waals surface area contributed by atoms with Crippen molar-refractivity contribution in [3.05, 3.63) is 0 Å². The van der Waals surface area contributed by atoms with Crippen LogP contribution in [0.5, 0.6) is 0 Å². The Morgan fingerprint density at radius 1 is 0.318 bits per heavy atom. The molecule has 506 valence electrons. The van der Waals surface area contributed by atoms with Crippen LogP contribution in [0.4, 0.5) is 0 Å². The summed E-state index contributed by atoms with van der Waals surface area (Å²) < 4.78 is 0. The molecule has 5 saturated heterocycles. The standard InChI is InChI=1S/2C13H25N.2C12H25N.2C10H21N.C8H17N/c1-12(2,3)11-5-7-13(8-6-11)9-14(4)10-13;1-12(2,3)11-5-7-13(8-6-11)9-10-14(13)4;1-9-7-11(12(3,4)5)8-10(2)13(9)6;1-12(2,3)10-6-8-11(9-7-10)13(4)5;1-10(2,3)8-6-9(7-8)11(4)5;1-10(2,3)9-5-7-11(4)8-6-9;1-8(2,3)7-5-9(4)6-7/h2*11H,5-10H2,1-4H3;9-11H,7-8H2,1-6H3;10-11H,6-9H2,1-5H3;8-9H,6-7H2,1-5H3;9H,5-8H2,1-4H3;7H,5-6H2,1-4H3. The summed E-state index contributed by atoms with van der Waals surface area (Å²) in [4.78, 5) is 17.1. The summed E-state index contributed by atoms with van der Waals surface area (Å²) in [7, 11) is 20.0. The third kappa shape index (κ3) is 25.6. The maximum Gasteiger partial charge on any atom is 0.0218 e. The molecule has 7 heteroatoms. The molecule has 0 aromatic rings. The van der Waals surface area contributed by atoms with E-state index in [0.29, 0.717) is 43.4 Å². The molecule has 0 amide bonds. The summed E-state index contributed by atoms with van der Waals surface area (Å²) >= 11 is 0. The summed E-state index contributed by atoms with van der Waals surface area (Å²) in [5, 5.41) is 0. The lowest BCUT2D eigenvalue weighted by molar-refractivity contribution is -0.0425. The number of nitrogens with zero attached hydrogens (tertiary/aromatic N) is 7. The minimum Gasteiger partial charge on any atom is -0.306 e.